The molecule has 1 aliphatic heterocycles. The topological polar surface area (TPSA) is 130 Å². The molecule has 0 bridgehead atoms. The van der Waals surface area contributed by atoms with Gasteiger partial charge >= 0.3 is 0 Å². The van der Waals surface area contributed by atoms with E-state index in [9.17, 15) is 22.3 Å². The highest BCUT2D eigenvalue weighted by atomic mass is 32.2. The van der Waals surface area contributed by atoms with Crippen molar-refractivity contribution in [2.45, 2.75) is 37.3 Å². The molecule has 2 unspecified atom stereocenters. The molecule has 1 aromatic carbocycles. The van der Waals surface area contributed by atoms with E-state index >= 15 is 0 Å². The quantitative estimate of drug-likeness (QED) is 0.537. The lowest BCUT2D eigenvalue weighted by molar-refractivity contribution is 0.189. The van der Waals surface area contributed by atoms with Gasteiger partial charge in [0.25, 0.3) is 0 Å². The maximum Gasteiger partial charge on any atom is 0.228 e. The van der Waals surface area contributed by atoms with Gasteiger partial charge in [0.05, 0.1) is 11.9 Å². The van der Waals surface area contributed by atoms with E-state index in [-0.39, 0.29) is 29.4 Å². The molecule has 0 saturated carbocycles. The maximum atomic E-state index is 14.9. The Morgan fingerprint density at radius 1 is 1.30 bits per heavy atom. The van der Waals surface area contributed by atoms with Gasteiger partial charge in [0, 0.05) is 24.8 Å². The van der Waals surface area contributed by atoms with E-state index in [2.05, 4.69) is 20.0 Å². The Kier molecular flexibility index (Phi) is 6.65. The minimum absolute atomic E-state index is 0.0991. The van der Waals surface area contributed by atoms with Gasteiger partial charge in [0.1, 0.15) is 27.7 Å². The number of sulfonamides is 1. The molecular formula is C21H27F2N5O4S. The summed E-state index contributed by atoms with van der Waals surface area (Å²) in [5.74, 6) is -0.534. The number of aliphatic hydroxyl groups excluding tert-OH is 1. The molecule has 2 aromatic rings. The number of aromatic nitrogens is 1. The van der Waals surface area contributed by atoms with Gasteiger partial charge in [-0.05, 0) is 51.1 Å². The Morgan fingerprint density at radius 3 is 2.61 bits per heavy atom. The van der Waals surface area contributed by atoms with Crippen molar-refractivity contribution < 1.29 is 27.0 Å². The lowest BCUT2D eigenvalue weighted by atomic mass is 9.91. The molecule has 0 spiro atoms. The van der Waals surface area contributed by atoms with Crippen LogP contribution in [0.3, 0.4) is 0 Å². The van der Waals surface area contributed by atoms with Gasteiger partial charge < -0.3 is 20.9 Å². The number of nitrogens with two attached hydrogens (primary N) is 1. The first kappa shape index (κ1) is 24.8. The molecule has 0 amide bonds. The Hall–Kier alpha value is -2.83. The molecule has 1 aromatic heterocycles. The largest absolute Gasteiger partial charge is 0.461 e. The number of alkyl halides is 1. The summed E-state index contributed by atoms with van der Waals surface area (Å²) in [4.78, 5) is 8.44. The van der Waals surface area contributed by atoms with E-state index in [0.29, 0.717) is 5.69 Å². The van der Waals surface area contributed by atoms with E-state index in [1.54, 1.807) is 6.92 Å². The highest BCUT2D eigenvalue weighted by Crippen LogP contribution is 2.37. The van der Waals surface area contributed by atoms with E-state index in [4.69, 9.17) is 5.73 Å². The summed E-state index contributed by atoms with van der Waals surface area (Å²) in [6.45, 7) is 3.35. The van der Waals surface area contributed by atoms with E-state index < -0.39 is 39.2 Å². The Labute approximate surface area is 191 Å². The Morgan fingerprint density at radius 2 is 2.00 bits per heavy atom. The van der Waals surface area contributed by atoms with Crippen molar-refractivity contribution >= 4 is 21.5 Å². The van der Waals surface area contributed by atoms with Crippen molar-refractivity contribution in [1.82, 2.24) is 9.29 Å². The zero-order valence-corrected chi connectivity index (χ0v) is 19.5. The molecule has 0 aliphatic carbocycles. The molecule has 2 atom stereocenters. The fraction of sp³-hybridized carbons (Fsp3) is 0.429. The number of nitrogens with zero attached hydrogens (tertiary/aromatic N) is 3. The lowest BCUT2D eigenvalue weighted by Crippen LogP contribution is -2.50. The summed E-state index contributed by atoms with van der Waals surface area (Å²) in [5, 5.41) is 13.3. The number of ether oxygens (including phenoxy) is 1. The molecule has 0 saturated heterocycles. The van der Waals surface area contributed by atoms with Gasteiger partial charge in [-0.15, -0.1) is 0 Å². The van der Waals surface area contributed by atoms with Gasteiger partial charge in [-0.3, -0.25) is 9.98 Å². The van der Waals surface area contributed by atoms with Crippen LogP contribution < -0.4 is 15.8 Å². The molecule has 9 nitrogen and oxygen atoms in total. The van der Waals surface area contributed by atoms with Crippen LogP contribution in [0.4, 0.5) is 14.5 Å². The highest BCUT2D eigenvalue weighted by Gasteiger charge is 2.48. The minimum atomic E-state index is -3.83. The number of aliphatic imine (C=N–C) groups is 1. The molecular weight excluding hydrogens is 456 g/mol. The van der Waals surface area contributed by atoms with Gasteiger partial charge in [-0.2, -0.15) is 0 Å². The summed E-state index contributed by atoms with van der Waals surface area (Å²) in [6, 6.07) is 6.95. The van der Waals surface area contributed by atoms with Crippen LogP contribution in [-0.4, -0.2) is 53.8 Å². The summed E-state index contributed by atoms with van der Waals surface area (Å²) in [6.07, 6.45) is -0.00178. The van der Waals surface area contributed by atoms with Crippen LogP contribution in [0.1, 0.15) is 38.3 Å². The number of benzene rings is 1. The second-order valence-electron chi connectivity index (χ2n) is 8.46. The second-order valence-corrected chi connectivity index (χ2v) is 11.1. The average molecular weight is 484 g/mol. The third-order valence-electron chi connectivity index (χ3n) is 5.68. The number of anilines is 1. The molecule has 0 fully saturated rings. The number of amidine groups is 1. The predicted molar refractivity (Wildman–Crippen MR) is 120 cm³/mol. The van der Waals surface area contributed by atoms with Crippen molar-refractivity contribution in [2.75, 3.05) is 25.8 Å². The fourth-order valence-corrected chi connectivity index (χ4v) is 5.09. The van der Waals surface area contributed by atoms with E-state index in [1.807, 2.05) is 0 Å². The van der Waals surface area contributed by atoms with Crippen molar-refractivity contribution in [3.05, 3.63) is 53.6 Å². The van der Waals surface area contributed by atoms with Crippen LogP contribution in [0.5, 0.6) is 5.75 Å². The number of rotatable bonds is 6. The first-order valence-electron chi connectivity index (χ1n) is 10.0. The zero-order chi connectivity index (χ0) is 24.6. The standard InChI is InChI=1S/C21H27F2N5O4S/c1-20(2)19(24)27-21(3,11-28(4)33(20,30)31)15-9-13(5-7-16(15)23)26-18(29)17-8-6-14(10-25-17)32-12-22/h5-10,18,26,29H,11-12H2,1-4H3,(H2,24,27). The van der Waals surface area contributed by atoms with Crippen molar-refractivity contribution in [3.63, 3.8) is 0 Å². The van der Waals surface area contributed by atoms with Gasteiger partial charge in [0.2, 0.25) is 16.9 Å². The van der Waals surface area contributed by atoms with Crippen molar-refractivity contribution in [2.24, 2.45) is 10.7 Å². The van der Waals surface area contributed by atoms with Gasteiger partial charge in [-0.25, -0.2) is 21.5 Å². The van der Waals surface area contributed by atoms with Crippen LogP contribution >= 0.6 is 0 Å². The van der Waals surface area contributed by atoms with E-state index in [1.165, 1.54) is 57.4 Å². The zero-order valence-electron chi connectivity index (χ0n) is 18.7. The average Bonchev–Trinajstić information content (AvgIpc) is 2.79. The minimum Gasteiger partial charge on any atom is -0.461 e. The first-order valence-corrected chi connectivity index (χ1v) is 11.5. The van der Waals surface area contributed by atoms with E-state index in [0.717, 1.165) is 4.31 Å². The molecule has 12 heteroatoms. The molecule has 4 N–H and O–H groups in total. The number of hydrogen-bond acceptors (Lipinski definition) is 8. The number of aliphatic hydroxyl groups is 1. The van der Waals surface area contributed by atoms with Crippen LogP contribution in [0.25, 0.3) is 0 Å². The Balaban J connectivity index is 1.94. The number of halogens is 2. The molecule has 33 heavy (non-hydrogen) atoms. The van der Waals surface area contributed by atoms with Crippen LogP contribution in [0.2, 0.25) is 0 Å². The van der Waals surface area contributed by atoms with Crippen LogP contribution in [0.15, 0.2) is 41.5 Å². The fourth-order valence-electron chi connectivity index (χ4n) is 3.58. The number of likely N-dealkylation sites (N-methyl/N-ethyl adjacent to an activating group) is 1. The molecule has 3 rings (SSSR count). The lowest BCUT2D eigenvalue weighted by Gasteiger charge is -2.30. The smallest absolute Gasteiger partial charge is 0.228 e. The summed E-state index contributed by atoms with van der Waals surface area (Å²) in [7, 11) is -2.43. The summed E-state index contributed by atoms with van der Waals surface area (Å²) < 4.78 is 57.3. The molecule has 2 heterocycles. The second kappa shape index (κ2) is 8.84. The highest BCUT2D eigenvalue weighted by molar-refractivity contribution is 7.91. The molecule has 1 aliphatic rings. The predicted octanol–water partition coefficient (Wildman–Crippen LogP) is 2.26. The van der Waals surface area contributed by atoms with Gasteiger partial charge in [-0.1, -0.05) is 0 Å². The number of pyridine rings is 1. The Bertz CT molecular complexity index is 1160. The third kappa shape index (κ3) is 4.63. The van der Waals surface area contributed by atoms with Gasteiger partial charge in [0.15, 0.2) is 6.23 Å². The molecule has 180 valence electrons. The molecule has 0 radical (unpaired) electrons. The maximum absolute atomic E-state index is 14.9. The summed E-state index contributed by atoms with van der Waals surface area (Å²) in [5.41, 5.74) is 5.41. The normalized spacial score (nSPS) is 23.3. The van der Waals surface area contributed by atoms with Crippen LogP contribution in [-0.2, 0) is 15.6 Å². The van der Waals surface area contributed by atoms with Crippen molar-refractivity contribution in [1.29, 1.82) is 0 Å². The monoisotopic (exact) mass is 483 g/mol. The third-order valence-corrected chi connectivity index (χ3v) is 8.13. The first-order chi connectivity index (χ1) is 15.3. The van der Waals surface area contributed by atoms with Crippen molar-refractivity contribution in [3.8, 4) is 5.75 Å². The number of hydrogen-bond donors (Lipinski definition) is 3. The summed E-state index contributed by atoms with van der Waals surface area (Å²) >= 11 is 0. The SMILES string of the molecule is CN1CC(C)(c2cc(NC(O)c3ccc(OCF)cn3)ccc2F)N=C(N)C(C)(C)S1(=O)=O. The number of nitrogens with one attached hydrogen (secondary N) is 1. The van der Waals surface area contributed by atoms with Crippen LogP contribution in [0, 0.1) is 5.82 Å².